The Morgan fingerprint density at radius 3 is 2.35 bits per heavy atom. The van der Waals surface area contributed by atoms with Crippen molar-refractivity contribution in [3.8, 4) is 0 Å². The maximum atomic E-state index is 12.2. The summed E-state index contributed by atoms with van der Waals surface area (Å²) in [5, 5.41) is 0. The maximum absolute atomic E-state index is 12.2. The molecule has 1 aliphatic rings. The highest BCUT2D eigenvalue weighted by atomic mass is 32.2. The van der Waals surface area contributed by atoms with Crippen LogP contribution in [-0.4, -0.2) is 66.5 Å². The van der Waals surface area contributed by atoms with Crippen LogP contribution in [0.2, 0.25) is 0 Å². The van der Waals surface area contributed by atoms with Gasteiger partial charge in [0.05, 0.1) is 6.04 Å². The number of nitrogens with zero attached hydrogens (tertiary/aromatic N) is 2. The minimum atomic E-state index is -0.316. The fraction of sp³-hybridized carbons (Fsp3) is 0.933. The first-order chi connectivity index (χ1) is 9.33. The van der Waals surface area contributed by atoms with Crippen molar-refractivity contribution in [1.82, 2.24) is 9.80 Å². The monoisotopic (exact) mass is 301 g/mol. The summed E-state index contributed by atoms with van der Waals surface area (Å²) in [6, 6.07) is -0.316. The Kier molecular flexibility index (Phi) is 7.34. The molecule has 2 N–H and O–H groups in total. The number of piperazine rings is 1. The van der Waals surface area contributed by atoms with E-state index in [2.05, 4.69) is 25.7 Å². The largest absolute Gasteiger partial charge is 0.339 e. The third-order valence-corrected chi connectivity index (χ3v) is 4.46. The number of hydrogen-bond donors (Lipinski definition) is 1. The first-order valence-corrected chi connectivity index (χ1v) is 8.98. The number of hydrogen-bond acceptors (Lipinski definition) is 4. The summed E-state index contributed by atoms with van der Waals surface area (Å²) < 4.78 is 0. The lowest BCUT2D eigenvalue weighted by Gasteiger charge is -2.37. The van der Waals surface area contributed by atoms with Crippen molar-refractivity contribution in [1.29, 1.82) is 0 Å². The minimum Gasteiger partial charge on any atom is -0.339 e. The molecule has 1 saturated heterocycles. The van der Waals surface area contributed by atoms with Crippen LogP contribution in [0.25, 0.3) is 0 Å². The third-order valence-electron chi connectivity index (χ3n) is 3.81. The quantitative estimate of drug-likeness (QED) is 0.810. The molecule has 20 heavy (non-hydrogen) atoms. The van der Waals surface area contributed by atoms with Crippen LogP contribution in [0, 0.1) is 5.41 Å². The van der Waals surface area contributed by atoms with Crippen LogP contribution >= 0.6 is 11.8 Å². The molecule has 1 aliphatic heterocycles. The van der Waals surface area contributed by atoms with E-state index in [1.165, 1.54) is 6.42 Å². The van der Waals surface area contributed by atoms with Gasteiger partial charge >= 0.3 is 0 Å². The van der Waals surface area contributed by atoms with Crippen LogP contribution in [0.1, 0.15) is 33.6 Å². The Morgan fingerprint density at radius 1 is 1.25 bits per heavy atom. The van der Waals surface area contributed by atoms with Gasteiger partial charge in [-0.2, -0.15) is 11.8 Å². The second kappa shape index (κ2) is 8.25. The fourth-order valence-corrected chi connectivity index (χ4v) is 2.78. The number of thioether (sulfide) groups is 1. The van der Waals surface area contributed by atoms with Gasteiger partial charge in [0.1, 0.15) is 0 Å². The molecule has 1 amide bonds. The van der Waals surface area contributed by atoms with Crippen LogP contribution < -0.4 is 5.73 Å². The second-order valence-corrected chi connectivity index (χ2v) is 7.85. The van der Waals surface area contributed by atoms with E-state index >= 15 is 0 Å². The van der Waals surface area contributed by atoms with Crippen molar-refractivity contribution in [3.05, 3.63) is 0 Å². The topological polar surface area (TPSA) is 49.6 Å². The molecule has 1 atom stereocenters. The first-order valence-electron chi connectivity index (χ1n) is 7.59. The molecular formula is C15H31N3OS. The lowest BCUT2D eigenvalue weighted by Crippen LogP contribution is -2.53. The molecule has 1 fully saturated rings. The number of nitrogens with two attached hydrogens (primary N) is 1. The zero-order chi connectivity index (χ0) is 15.2. The van der Waals surface area contributed by atoms with Crippen molar-refractivity contribution in [2.75, 3.05) is 44.7 Å². The first kappa shape index (κ1) is 17.8. The van der Waals surface area contributed by atoms with Gasteiger partial charge in [-0.1, -0.05) is 20.8 Å². The van der Waals surface area contributed by atoms with Gasteiger partial charge in [-0.05, 0) is 36.8 Å². The molecule has 0 aromatic heterocycles. The van der Waals surface area contributed by atoms with E-state index in [4.69, 9.17) is 5.73 Å². The summed E-state index contributed by atoms with van der Waals surface area (Å²) in [6.07, 6.45) is 4.03. The normalized spacial score (nSPS) is 19.1. The van der Waals surface area contributed by atoms with Gasteiger partial charge in [-0.3, -0.25) is 9.69 Å². The molecule has 0 saturated carbocycles. The number of carbonyl (C=O) groups is 1. The van der Waals surface area contributed by atoms with Crippen LogP contribution in [0.15, 0.2) is 0 Å². The van der Waals surface area contributed by atoms with E-state index in [1.807, 2.05) is 11.2 Å². The molecular weight excluding hydrogens is 270 g/mol. The molecule has 118 valence electrons. The van der Waals surface area contributed by atoms with Crippen LogP contribution in [0.5, 0.6) is 0 Å². The van der Waals surface area contributed by atoms with Crippen molar-refractivity contribution in [3.63, 3.8) is 0 Å². The zero-order valence-electron chi connectivity index (χ0n) is 13.5. The Morgan fingerprint density at radius 2 is 1.85 bits per heavy atom. The van der Waals surface area contributed by atoms with Crippen molar-refractivity contribution in [2.24, 2.45) is 11.1 Å². The average molecular weight is 302 g/mol. The predicted molar refractivity (Wildman–Crippen MR) is 88.1 cm³/mol. The Bertz CT molecular complexity index is 296. The Hall–Kier alpha value is -0.260. The van der Waals surface area contributed by atoms with Gasteiger partial charge in [0.15, 0.2) is 0 Å². The zero-order valence-corrected chi connectivity index (χ0v) is 14.3. The molecule has 0 radical (unpaired) electrons. The van der Waals surface area contributed by atoms with Crippen molar-refractivity contribution >= 4 is 17.7 Å². The number of rotatable bonds is 6. The summed E-state index contributed by atoms with van der Waals surface area (Å²) >= 11 is 1.74. The van der Waals surface area contributed by atoms with Crippen molar-refractivity contribution < 1.29 is 4.79 Å². The maximum Gasteiger partial charge on any atom is 0.239 e. The molecule has 0 spiro atoms. The van der Waals surface area contributed by atoms with Gasteiger partial charge in [0, 0.05) is 26.2 Å². The molecule has 0 aromatic carbocycles. The molecule has 0 bridgehead atoms. The molecule has 1 heterocycles. The van der Waals surface area contributed by atoms with Crippen LogP contribution in [-0.2, 0) is 4.79 Å². The highest BCUT2D eigenvalue weighted by Gasteiger charge is 2.25. The Labute approximate surface area is 128 Å². The minimum absolute atomic E-state index is 0.134. The van der Waals surface area contributed by atoms with E-state index in [0.29, 0.717) is 5.41 Å². The molecule has 1 unspecified atom stereocenters. The summed E-state index contributed by atoms with van der Waals surface area (Å²) in [5.41, 5.74) is 6.35. The third kappa shape index (κ3) is 6.46. The molecule has 0 aromatic rings. The second-order valence-electron chi connectivity index (χ2n) is 6.87. The van der Waals surface area contributed by atoms with Gasteiger partial charge < -0.3 is 10.6 Å². The smallest absolute Gasteiger partial charge is 0.239 e. The van der Waals surface area contributed by atoms with E-state index < -0.39 is 0 Å². The molecule has 4 nitrogen and oxygen atoms in total. The van der Waals surface area contributed by atoms with Gasteiger partial charge in [-0.15, -0.1) is 0 Å². The van der Waals surface area contributed by atoms with E-state index in [9.17, 15) is 4.79 Å². The van der Waals surface area contributed by atoms with Crippen LogP contribution in [0.3, 0.4) is 0 Å². The lowest BCUT2D eigenvalue weighted by atomic mass is 9.92. The Balaban J connectivity index is 2.29. The number of carbonyl (C=O) groups excluding carboxylic acids is 1. The summed E-state index contributed by atoms with van der Waals surface area (Å²) in [5.74, 6) is 1.09. The highest BCUT2D eigenvalue weighted by Crippen LogP contribution is 2.19. The predicted octanol–water partition coefficient (Wildman–Crippen LogP) is 1.65. The van der Waals surface area contributed by atoms with Crippen LogP contribution in [0.4, 0.5) is 0 Å². The lowest BCUT2D eigenvalue weighted by molar-refractivity contribution is -0.134. The average Bonchev–Trinajstić information content (AvgIpc) is 2.41. The molecule has 5 heteroatoms. The van der Waals surface area contributed by atoms with Gasteiger partial charge in [0.2, 0.25) is 5.91 Å². The summed E-state index contributed by atoms with van der Waals surface area (Å²) in [7, 11) is 0. The van der Waals surface area contributed by atoms with Gasteiger partial charge in [-0.25, -0.2) is 0 Å². The SMILES string of the molecule is CSCCC(N)C(=O)N1CCN(CCC(C)(C)C)CC1. The highest BCUT2D eigenvalue weighted by molar-refractivity contribution is 7.98. The fourth-order valence-electron chi connectivity index (χ4n) is 2.29. The van der Waals surface area contributed by atoms with E-state index in [0.717, 1.165) is 44.9 Å². The molecule has 1 rings (SSSR count). The standard InChI is InChI=1S/C15H31N3OS/c1-15(2,3)6-7-17-8-10-18(11-9-17)14(19)13(16)5-12-20-4/h13H,5-12,16H2,1-4H3. The summed E-state index contributed by atoms with van der Waals surface area (Å²) in [4.78, 5) is 16.6. The van der Waals surface area contributed by atoms with Crippen molar-refractivity contribution in [2.45, 2.75) is 39.7 Å². The van der Waals surface area contributed by atoms with Gasteiger partial charge in [0.25, 0.3) is 0 Å². The summed E-state index contributed by atoms with van der Waals surface area (Å²) in [6.45, 7) is 11.6. The van der Waals surface area contributed by atoms with E-state index in [1.54, 1.807) is 11.8 Å². The van der Waals surface area contributed by atoms with E-state index in [-0.39, 0.29) is 11.9 Å². The number of amides is 1. The molecule has 0 aliphatic carbocycles.